The van der Waals surface area contributed by atoms with Gasteiger partial charge in [0.05, 0.1) is 11.6 Å². The lowest BCUT2D eigenvalue weighted by atomic mass is 9.63. The summed E-state index contributed by atoms with van der Waals surface area (Å²) in [6.45, 7) is 2.06. The van der Waals surface area contributed by atoms with E-state index in [-0.39, 0.29) is 11.3 Å². The first-order chi connectivity index (χ1) is 9.21. The minimum Gasteiger partial charge on any atom is -0.310 e. The van der Waals surface area contributed by atoms with Gasteiger partial charge in [0.1, 0.15) is 5.82 Å². The monoisotopic (exact) mass is 255 g/mol. The van der Waals surface area contributed by atoms with E-state index in [1.165, 1.54) is 5.56 Å². The molecule has 1 amide bonds. The third-order valence-electron chi connectivity index (χ3n) is 3.96. The molecular formula is C15H17N3O. The van der Waals surface area contributed by atoms with E-state index in [0.717, 1.165) is 24.8 Å². The lowest BCUT2D eigenvalue weighted by Crippen LogP contribution is -2.46. The lowest BCUT2D eigenvalue weighted by molar-refractivity contribution is -0.124. The van der Waals surface area contributed by atoms with Crippen molar-refractivity contribution >= 4 is 11.7 Å². The number of rotatable bonds is 3. The first-order valence-electron chi connectivity index (χ1n) is 6.59. The molecule has 0 atom stereocenters. The van der Waals surface area contributed by atoms with Crippen LogP contribution in [-0.2, 0) is 10.2 Å². The van der Waals surface area contributed by atoms with Crippen molar-refractivity contribution in [3.63, 3.8) is 0 Å². The third-order valence-corrected chi connectivity index (χ3v) is 3.96. The molecule has 0 spiro atoms. The van der Waals surface area contributed by atoms with Gasteiger partial charge in [0.15, 0.2) is 0 Å². The number of carbonyl (C=O) groups excluding carboxylic acids is 1. The number of aromatic nitrogens is 2. The maximum atomic E-state index is 12.6. The number of H-pyrrole nitrogens is 1. The van der Waals surface area contributed by atoms with E-state index in [9.17, 15) is 4.79 Å². The van der Waals surface area contributed by atoms with Crippen LogP contribution in [0.25, 0.3) is 0 Å². The van der Waals surface area contributed by atoms with Crippen LogP contribution in [0.1, 0.15) is 30.4 Å². The van der Waals surface area contributed by atoms with Gasteiger partial charge in [-0.2, -0.15) is 5.10 Å². The molecule has 1 aliphatic carbocycles. The summed E-state index contributed by atoms with van der Waals surface area (Å²) in [7, 11) is 0. The van der Waals surface area contributed by atoms with E-state index in [0.29, 0.717) is 5.82 Å². The van der Waals surface area contributed by atoms with Gasteiger partial charge in [-0.3, -0.25) is 9.89 Å². The summed E-state index contributed by atoms with van der Waals surface area (Å²) in [6.07, 6.45) is 4.56. The molecule has 1 aromatic heterocycles. The number of aromatic amines is 1. The molecule has 1 aromatic carbocycles. The van der Waals surface area contributed by atoms with Crippen molar-refractivity contribution < 1.29 is 4.79 Å². The van der Waals surface area contributed by atoms with Crippen LogP contribution in [0.5, 0.6) is 0 Å². The fraction of sp³-hybridized carbons (Fsp3) is 0.333. The van der Waals surface area contributed by atoms with Crippen LogP contribution >= 0.6 is 0 Å². The predicted octanol–water partition coefficient (Wildman–Crippen LogP) is 2.78. The van der Waals surface area contributed by atoms with Gasteiger partial charge < -0.3 is 5.32 Å². The Morgan fingerprint density at radius 3 is 2.79 bits per heavy atom. The molecule has 4 nitrogen and oxygen atoms in total. The summed E-state index contributed by atoms with van der Waals surface area (Å²) in [5.74, 6) is 0.720. The Morgan fingerprint density at radius 2 is 2.21 bits per heavy atom. The Kier molecular flexibility index (Phi) is 2.85. The number of benzene rings is 1. The highest BCUT2D eigenvalue weighted by Crippen LogP contribution is 2.44. The molecule has 4 heteroatoms. The van der Waals surface area contributed by atoms with Crippen LogP contribution in [0, 0.1) is 6.92 Å². The molecule has 19 heavy (non-hydrogen) atoms. The quantitative estimate of drug-likeness (QED) is 0.886. The molecule has 1 fully saturated rings. The molecule has 0 radical (unpaired) electrons. The summed E-state index contributed by atoms with van der Waals surface area (Å²) in [6, 6.07) is 10.0. The Bertz CT molecular complexity index is 585. The van der Waals surface area contributed by atoms with Gasteiger partial charge in [-0.15, -0.1) is 0 Å². The maximum Gasteiger partial charge on any atom is 0.236 e. The van der Waals surface area contributed by atoms with E-state index in [1.54, 1.807) is 12.3 Å². The summed E-state index contributed by atoms with van der Waals surface area (Å²) in [4.78, 5) is 12.6. The number of amides is 1. The van der Waals surface area contributed by atoms with E-state index in [1.807, 2.05) is 6.07 Å². The summed E-state index contributed by atoms with van der Waals surface area (Å²) in [5.41, 5.74) is 1.95. The minimum absolute atomic E-state index is 0.0635. The average molecular weight is 255 g/mol. The van der Waals surface area contributed by atoms with Crippen LogP contribution in [0.15, 0.2) is 36.5 Å². The van der Waals surface area contributed by atoms with Crippen molar-refractivity contribution in [3.05, 3.63) is 47.7 Å². The molecule has 98 valence electrons. The summed E-state index contributed by atoms with van der Waals surface area (Å²) in [5, 5.41) is 9.54. The van der Waals surface area contributed by atoms with Crippen molar-refractivity contribution in [3.8, 4) is 0 Å². The lowest BCUT2D eigenvalue weighted by Gasteiger charge is -2.40. The number of nitrogens with one attached hydrogen (secondary N) is 2. The fourth-order valence-corrected chi connectivity index (χ4v) is 2.69. The van der Waals surface area contributed by atoms with Gasteiger partial charge in [-0.25, -0.2) is 0 Å². The van der Waals surface area contributed by atoms with Crippen molar-refractivity contribution in [1.82, 2.24) is 10.2 Å². The van der Waals surface area contributed by atoms with Crippen LogP contribution in [-0.4, -0.2) is 16.1 Å². The van der Waals surface area contributed by atoms with Crippen molar-refractivity contribution in [2.45, 2.75) is 31.6 Å². The highest BCUT2D eigenvalue weighted by atomic mass is 16.2. The van der Waals surface area contributed by atoms with Crippen molar-refractivity contribution in [2.75, 3.05) is 5.32 Å². The standard InChI is InChI=1S/C15H17N3O/c1-11-4-2-5-12(10-11)15(7-3-8-15)14(19)17-13-6-9-16-18-13/h2,4-6,9-10H,3,7-8H2,1H3,(H2,16,17,18,19). The fourth-order valence-electron chi connectivity index (χ4n) is 2.69. The Morgan fingerprint density at radius 1 is 1.37 bits per heavy atom. The van der Waals surface area contributed by atoms with Crippen LogP contribution < -0.4 is 5.32 Å². The van der Waals surface area contributed by atoms with E-state index >= 15 is 0 Å². The van der Waals surface area contributed by atoms with Crippen LogP contribution in [0.4, 0.5) is 5.82 Å². The number of hydrogen-bond donors (Lipinski definition) is 2. The Labute approximate surface area is 112 Å². The molecular weight excluding hydrogens is 238 g/mol. The molecule has 0 aliphatic heterocycles. The van der Waals surface area contributed by atoms with E-state index < -0.39 is 0 Å². The zero-order chi connectivity index (χ0) is 13.3. The molecule has 0 bridgehead atoms. The average Bonchev–Trinajstić information content (AvgIpc) is 2.80. The molecule has 1 saturated carbocycles. The summed E-state index contributed by atoms with van der Waals surface area (Å²) < 4.78 is 0. The highest BCUT2D eigenvalue weighted by molar-refractivity contribution is 5.99. The number of nitrogens with zero attached hydrogens (tertiary/aromatic N) is 1. The predicted molar refractivity (Wildman–Crippen MR) is 73.9 cm³/mol. The zero-order valence-electron chi connectivity index (χ0n) is 10.9. The molecule has 0 saturated heterocycles. The molecule has 1 heterocycles. The van der Waals surface area contributed by atoms with Gasteiger partial charge >= 0.3 is 0 Å². The largest absolute Gasteiger partial charge is 0.310 e. The highest BCUT2D eigenvalue weighted by Gasteiger charge is 2.45. The second-order valence-electron chi connectivity index (χ2n) is 5.23. The molecule has 1 aliphatic rings. The molecule has 2 aromatic rings. The number of carbonyl (C=O) groups is 1. The van der Waals surface area contributed by atoms with Crippen molar-refractivity contribution in [1.29, 1.82) is 0 Å². The molecule has 2 N–H and O–H groups in total. The SMILES string of the molecule is Cc1cccc(C2(C(=O)Nc3ccn[nH]3)CCC2)c1. The van der Waals surface area contributed by atoms with Gasteiger partial charge in [0, 0.05) is 6.07 Å². The molecule has 0 unspecified atom stereocenters. The number of hydrogen-bond acceptors (Lipinski definition) is 2. The first kappa shape index (κ1) is 12.0. The van der Waals surface area contributed by atoms with Gasteiger partial charge in [-0.1, -0.05) is 36.2 Å². The van der Waals surface area contributed by atoms with Gasteiger partial charge in [0.25, 0.3) is 0 Å². The van der Waals surface area contributed by atoms with Gasteiger partial charge in [-0.05, 0) is 25.3 Å². The number of aryl methyl sites for hydroxylation is 1. The second-order valence-corrected chi connectivity index (χ2v) is 5.23. The van der Waals surface area contributed by atoms with Gasteiger partial charge in [0.2, 0.25) is 5.91 Å². The topological polar surface area (TPSA) is 57.8 Å². The first-order valence-corrected chi connectivity index (χ1v) is 6.59. The van der Waals surface area contributed by atoms with E-state index in [2.05, 4.69) is 40.6 Å². The zero-order valence-corrected chi connectivity index (χ0v) is 10.9. The Balaban J connectivity index is 1.88. The smallest absolute Gasteiger partial charge is 0.236 e. The Hall–Kier alpha value is -2.10. The minimum atomic E-state index is -0.364. The second kappa shape index (κ2) is 4.53. The van der Waals surface area contributed by atoms with Crippen LogP contribution in [0.3, 0.4) is 0 Å². The van der Waals surface area contributed by atoms with E-state index in [4.69, 9.17) is 0 Å². The third kappa shape index (κ3) is 2.03. The summed E-state index contributed by atoms with van der Waals surface area (Å²) >= 11 is 0. The number of anilines is 1. The van der Waals surface area contributed by atoms with Crippen molar-refractivity contribution in [2.24, 2.45) is 0 Å². The molecule has 3 rings (SSSR count). The van der Waals surface area contributed by atoms with Crippen LogP contribution in [0.2, 0.25) is 0 Å². The normalized spacial score (nSPS) is 16.7. The maximum absolute atomic E-state index is 12.6.